The largest absolute Gasteiger partial charge is 0.495 e. The van der Waals surface area contributed by atoms with E-state index in [0.717, 1.165) is 6.07 Å². The fraction of sp³-hybridized carbons (Fsp3) is 0.0769. The maximum atomic E-state index is 15.3. The van der Waals surface area contributed by atoms with Crippen LogP contribution in [0.4, 0.5) is 19.0 Å². The summed E-state index contributed by atoms with van der Waals surface area (Å²) < 4.78 is 68.5. The molecule has 0 radical (unpaired) electrons. The van der Waals surface area contributed by atoms with Gasteiger partial charge in [-0.15, -0.1) is 0 Å². The molecule has 1 unspecified atom stereocenters. The smallest absolute Gasteiger partial charge is 0.263 e. The molecule has 3 aromatic carbocycles. The quantitative estimate of drug-likeness (QED) is 0.287. The average Bonchev–Trinajstić information content (AvgIpc) is 3.41. The Morgan fingerprint density at radius 2 is 1.89 bits per heavy atom. The molecule has 0 saturated carbocycles. The summed E-state index contributed by atoms with van der Waals surface area (Å²) in [4.78, 5) is 13.3. The molecule has 0 bridgehead atoms. The van der Waals surface area contributed by atoms with Crippen molar-refractivity contribution >= 4 is 27.7 Å². The number of pyridine rings is 1. The zero-order valence-electron chi connectivity index (χ0n) is 19.2. The number of anilines is 1. The maximum absolute atomic E-state index is 15.3. The summed E-state index contributed by atoms with van der Waals surface area (Å²) in [7, 11) is -0.298. The minimum absolute atomic E-state index is 0.0491. The zero-order chi connectivity index (χ0) is 26.1. The highest BCUT2D eigenvalue weighted by Gasteiger charge is 2.18. The lowest BCUT2D eigenvalue weighted by Gasteiger charge is -2.16. The van der Waals surface area contributed by atoms with Gasteiger partial charge in [-0.1, -0.05) is 23.4 Å². The number of hydrogen-bond acceptors (Lipinski definition) is 5. The molecule has 0 aliphatic rings. The Morgan fingerprint density at radius 3 is 2.62 bits per heavy atom. The van der Waals surface area contributed by atoms with Gasteiger partial charge < -0.3 is 9.26 Å². The fourth-order valence-electron chi connectivity index (χ4n) is 3.95. The van der Waals surface area contributed by atoms with Gasteiger partial charge in [0.15, 0.2) is 16.8 Å². The molecule has 0 aliphatic carbocycles. The summed E-state index contributed by atoms with van der Waals surface area (Å²) in [6.45, 7) is 0. The monoisotopic (exact) mass is 525 g/mol. The summed E-state index contributed by atoms with van der Waals surface area (Å²) in [6, 6.07) is 17.1. The Labute approximate surface area is 210 Å². The minimum atomic E-state index is -2.70. The summed E-state index contributed by atoms with van der Waals surface area (Å²) >= 11 is 0. The number of methoxy groups -OCH3 is 1. The number of halogens is 3. The lowest BCUT2D eigenvalue weighted by molar-refractivity contribution is 0.151. The summed E-state index contributed by atoms with van der Waals surface area (Å²) in [5, 5.41) is 4.23. The van der Waals surface area contributed by atoms with Gasteiger partial charge in [-0.25, -0.2) is 17.4 Å². The van der Waals surface area contributed by atoms with E-state index in [2.05, 4.69) is 9.88 Å². The maximum Gasteiger partial charge on any atom is 0.263 e. The van der Waals surface area contributed by atoms with Crippen LogP contribution >= 0.6 is 0 Å². The van der Waals surface area contributed by atoms with E-state index in [1.807, 2.05) is 0 Å². The van der Waals surface area contributed by atoms with Crippen molar-refractivity contribution in [3.63, 3.8) is 0 Å². The van der Waals surface area contributed by atoms with Crippen LogP contribution in [0.15, 0.2) is 93.3 Å². The Morgan fingerprint density at radius 1 is 1.05 bits per heavy atom. The third-order valence-corrected chi connectivity index (χ3v) is 6.75. The molecule has 5 rings (SSSR count). The average molecular weight is 526 g/mol. The molecule has 0 amide bonds. The van der Waals surface area contributed by atoms with Crippen molar-refractivity contribution in [2.24, 2.45) is 0 Å². The van der Waals surface area contributed by atoms with Crippen molar-refractivity contribution in [3.8, 4) is 22.6 Å². The lowest BCUT2D eigenvalue weighted by atomic mass is 10.0. The van der Waals surface area contributed by atoms with Crippen molar-refractivity contribution < 1.29 is 26.6 Å². The standard InChI is InChI=1S/C26H18F3N3O4S/c1-35-23-13-19(15-3-2-4-17(11-15)26(28)29)20(27)14-22(23)32-21-7-6-18(12-16(21)5-8-25(32)33)37(34)31-24-9-10-36-30-24/h2-14,26H,1H3,(H,30,31). The van der Waals surface area contributed by atoms with Gasteiger partial charge in [-0.05, 0) is 42.0 Å². The third-order valence-electron chi connectivity index (χ3n) is 5.67. The van der Waals surface area contributed by atoms with Gasteiger partial charge in [-0.2, -0.15) is 0 Å². The topological polar surface area (TPSA) is 86.4 Å². The normalized spacial score (nSPS) is 12.1. The van der Waals surface area contributed by atoms with E-state index < -0.39 is 28.8 Å². The second kappa shape index (κ2) is 9.94. The van der Waals surface area contributed by atoms with Crippen LogP contribution in [0.5, 0.6) is 5.75 Å². The molecule has 0 fully saturated rings. The molecular formula is C26H18F3N3O4S. The minimum Gasteiger partial charge on any atom is -0.495 e. The summed E-state index contributed by atoms with van der Waals surface area (Å²) in [5.74, 6) is -0.266. The third kappa shape index (κ3) is 4.73. The van der Waals surface area contributed by atoms with Gasteiger partial charge in [0.25, 0.3) is 12.0 Å². The van der Waals surface area contributed by atoms with E-state index in [4.69, 9.17) is 9.26 Å². The summed E-state index contributed by atoms with van der Waals surface area (Å²) in [5.41, 5.74) is 0.146. The second-order valence-electron chi connectivity index (χ2n) is 7.91. The molecule has 2 heterocycles. The molecule has 11 heteroatoms. The van der Waals surface area contributed by atoms with Crippen molar-refractivity contribution in [3.05, 3.63) is 101 Å². The van der Waals surface area contributed by atoms with Crippen LogP contribution in [-0.4, -0.2) is 21.0 Å². The second-order valence-corrected chi connectivity index (χ2v) is 9.13. The molecule has 0 aliphatic heterocycles. The summed E-state index contributed by atoms with van der Waals surface area (Å²) in [6.07, 6.45) is -1.37. The van der Waals surface area contributed by atoms with Gasteiger partial charge in [-0.3, -0.25) is 14.1 Å². The van der Waals surface area contributed by atoms with Crippen molar-refractivity contribution in [2.45, 2.75) is 11.3 Å². The van der Waals surface area contributed by atoms with Gasteiger partial charge >= 0.3 is 0 Å². The van der Waals surface area contributed by atoms with Gasteiger partial charge in [0.05, 0.1) is 23.2 Å². The van der Waals surface area contributed by atoms with Crippen LogP contribution in [-0.2, 0) is 11.0 Å². The Bertz CT molecular complexity index is 1690. The highest BCUT2D eigenvalue weighted by Crippen LogP contribution is 2.35. The predicted octanol–water partition coefficient (Wildman–Crippen LogP) is 5.87. The van der Waals surface area contributed by atoms with Crippen LogP contribution in [0.3, 0.4) is 0 Å². The molecule has 188 valence electrons. The molecule has 1 atom stereocenters. The van der Waals surface area contributed by atoms with E-state index in [-0.39, 0.29) is 28.1 Å². The van der Waals surface area contributed by atoms with Crippen LogP contribution in [0.1, 0.15) is 12.0 Å². The van der Waals surface area contributed by atoms with Gasteiger partial charge in [0, 0.05) is 34.7 Å². The highest BCUT2D eigenvalue weighted by atomic mass is 32.2. The lowest BCUT2D eigenvalue weighted by Crippen LogP contribution is -2.18. The molecule has 0 spiro atoms. The first-order chi connectivity index (χ1) is 17.9. The van der Waals surface area contributed by atoms with Crippen LogP contribution < -0.4 is 15.0 Å². The zero-order valence-corrected chi connectivity index (χ0v) is 20.0. The molecule has 1 N–H and O–H groups in total. The number of nitrogens with zero attached hydrogens (tertiary/aromatic N) is 2. The number of aromatic nitrogens is 2. The van der Waals surface area contributed by atoms with Crippen LogP contribution in [0.25, 0.3) is 27.7 Å². The first-order valence-corrected chi connectivity index (χ1v) is 12.0. The molecule has 37 heavy (non-hydrogen) atoms. The number of fused-ring (bicyclic) bond motifs is 1. The number of hydrogen-bond donors (Lipinski definition) is 1. The SMILES string of the molecule is COc1cc(-c2cccc(C(F)F)c2)c(F)cc1-n1c(=O)ccc2cc(S(=O)Nc3ccon3)ccc21. The molecule has 7 nitrogen and oxygen atoms in total. The Hall–Kier alpha value is -4.38. The Kier molecular flexibility index (Phi) is 6.53. The molecule has 0 saturated heterocycles. The van der Waals surface area contributed by atoms with Crippen molar-refractivity contribution in [2.75, 3.05) is 11.8 Å². The van der Waals surface area contributed by atoms with E-state index in [9.17, 15) is 17.8 Å². The molecular weight excluding hydrogens is 507 g/mol. The number of ether oxygens (including phenoxy) is 1. The van der Waals surface area contributed by atoms with E-state index in [1.54, 1.807) is 24.3 Å². The van der Waals surface area contributed by atoms with Crippen LogP contribution in [0, 0.1) is 5.82 Å². The fourth-order valence-corrected chi connectivity index (χ4v) is 4.79. The Balaban J connectivity index is 1.60. The van der Waals surface area contributed by atoms with E-state index in [1.165, 1.54) is 60.4 Å². The first kappa shape index (κ1) is 24.3. The highest BCUT2D eigenvalue weighted by molar-refractivity contribution is 7.86. The predicted molar refractivity (Wildman–Crippen MR) is 133 cm³/mol. The van der Waals surface area contributed by atoms with Crippen molar-refractivity contribution in [1.82, 2.24) is 9.72 Å². The van der Waals surface area contributed by atoms with E-state index >= 15 is 4.39 Å². The number of rotatable bonds is 7. The van der Waals surface area contributed by atoms with Gasteiger partial charge in [0.1, 0.15) is 17.8 Å². The molecule has 2 aromatic heterocycles. The van der Waals surface area contributed by atoms with Crippen molar-refractivity contribution in [1.29, 1.82) is 0 Å². The number of nitrogens with one attached hydrogen (secondary N) is 1. The number of benzene rings is 3. The van der Waals surface area contributed by atoms with Crippen LogP contribution in [0.2, 0.25) is 0 Å². The molecule has 5 aromatic rings. The van der Waals surface area contributed by atoms with Gasteiger partial charge in [0.2, 0.25) is 0 Å². The van der Waals surface area contributed by atoms with E-state index in [0.29, 0.717) is 21.6 Å². The number of alkyl halides is 2. The first-order valence-electron chi connectivity index (χ1n) is 10.9.